The van der Waals surface area contributed by atoms with Crippen molar-refractivity contribution in [2.24, 2.45) is 50.2 Å². The van der Waals surface area contributed by atoms with Gasteiger partial charge >= 0.3 is 5.97 Å². The SMILES string of the molecule is C[C@@H]1O[C@@H](O[C@H]2[C@H](O[C@H]3[C@H](O)[C@@H](C(=O)O)O[C@@H](O[C@H]4CC[C@]5(C)[C@H]6CC=C7[C@@H]8CC(C)(C)[C@@H](O)[C@H](O)[C@]8(CO)[C@H](O)[C@H](O)[C@@]7(C)[C@]6(C)CC[C@H]5C4(C)C)[C@@H]3O[C@@H]3O[C@H](CO)[C@H](O)[C@H](O)[C@H]3O)OC[C@H](O)[C@@H]2O)[C@H](O)[C@H](O)[C@H]1O. The van der Waals surface area contributed by atoms with Crippen LogP contribution in [0.15, 0.2) is 11.6 Å². The molecule has 4 aliphatic heterocycles. The highest BCUT2D eigenvalue weighted by Crippen LogP contribution is 2.76. The van der Waals surface area contributed by atoms with Gasteiger partial charge in [0.05, 0.1) is 61.9 Å². The van der Waals surface area contributed by atoms with Gasteiger partial charge < -0.3 is 120 Å². The number of allylic oxidation sites excluding steroid dienone is 1. The van der Waals surface area contributed by atoms with Crippen molar-refractivity contribution in [3.8, 4) is 0 Å². The number of rotatable bonds is 11. The van der Waals surface area contributed by atoms with Crippen LogP contribution in [0.5, 0.6) is 0 Å². The molecule has 25 heteroatoms. The summed E-state index contributed by atoms with van der Waals surface area (Å²) in [6.07, 6.45) is -36.7. The van der Waals surface area contributed by atoms with Crippen molar-refractivity contribution in [1.82, 2.24) is 0 Å². The molecule has 4 heterocycles. The fraction of sp³-hybridized carbons (Fsp3) is 0.943. The average molecular weight is 1120 g/mol. The molecule has 9 rings (SSSR count). The van der Waals surface area contributed by atoms with E-state index in [0.717, 1.165) is 5.57 Å². The van der Waals surface area contributed by atoms with E-state index in [4.69, 9.17) is 37.9 Å². The summed E-state index contributed by atoms with van der Waals surface area (Å²) in [4.78, 5) is 13.1. The van der Waals surface area contributed by atoms with Crippen molar-refractivity contribution in [3.63, 3.8) is 0 Å². The van der Waals surface area contributed by atoms with Gasteiger partial charge in [-0.2, -0.15) is 0 Å². The van der Waals surface area contributed by atoms with Crippen molar-refractivity contribution in [1.29, 1.82) is 0 Å². The van der Waals surface area contributed by atoms with E-state index in [1.807, 2.05) is 34.6 Å². The topological polar surface area (TPSA) is 415 Å². The first-order valence-corrected chi connectivity index (χ1v) is 27.5. The zero-order valence-corrected chi connectivity index (χ0v) is 45.4. The molecule has 78 heavy (non-hydrogen) atoms. The van der Waals surface area contributed by atoms with Crippen LogP contribution < -0.4 is 0 Å². The molecule has 8 fully saturated rings. The Bertz CT molecular complexity index is 2180. The minimum Gasteiger partial charge on any atom is -0.479 e. The van der Waals surface area contributed by atoms with Crippen LogP contribution in [0.3, 0.4) is 0 Å². The van der Waals surface area contributed by atoms with Gasteiger partial charge in [0.15, 0.2) is 31.3 Å². The number of hydrogen-bond donors (Lipinski definition) is 16. The zero-order valence-electron chi connectivity index (χ0n) is 45.4. The quantitative estimate of drug-likeness (QED) is 0.0694. The number of hydrogen-bond acceptors (Lipinski definition) is 24. The van der Waals surface area contributed by atoms with Crippen molar-refractivity contribution < 1.29 is 124 Å². The first kappa shape index (κ1) is 60.9. The summed E-state index contributed by atoms with van der Waals surface area (Å²) in [6, 6.07) is 0. The normalized spacial score (nSPS) is 55.8. The molecule has 0 aromatic heterocycles. The van der Waals surface area contributed by atoms with Crippen molar-refractivity contribution in [3.05, 3.63) is 11.6 Å². The lowest BCUT2D eigenvalue weighted by Crippen LogP contribution is -2.76. The highest BCUT2D eigenvalue weighted by molar-refractivity contribution is 5.73. The molecule has 4 saturated carbocycles. The van der Waals surface area contributed by atoms with E-state index in [1.54, 1.807) is 0 Å². The molecule has 0 unspecified atom stereocenters. The number of carboxylic acid groups (broad SMARTS) is 1. The minimum atomic E-state index is -2.22. The van der Waals surface area contributed by atoms with Gasteiger partial charge in [-0.1, -0.05) is 60.1 Å². The third-order valence-corrected chi connectivity index (χ3v) is 21.5. The molecular weight excluding hydrogens is 1040 g/mol. The predicted molar refractivity (Wildman–Crippen MR) is 261 cm³/mol. The predicted octanol–water partition coefficient (Wildman–Crippen LogP) is -3.92. The number of aliphatic carboxylic acids is 1. The Kier molecular flexibility index (Phi) is 16.7. The number of fused-ring (bicyclic) bond motifs is 7. The molecule has 0 aromatic rings. The van der Waals surface area contributed by atoms with E-state index in [0.29, 0.717) is 38.5 Å². The van der Waals surface area contributed by atoms with Gasteiger partial charge in [-0.25, -0.2) is 4.79 Å². The van der Waals surface area contributed by atoms with Gasteiger partial charge in [-0.3, -0.25) is 0 Å². The third-order valence-electron chi connectivity index (χ3n) is 21.5. The van der Waals surface area contributed by atoms with E-state index >= 15 is 0 Å². The largest absolute Gasteiger partial charge is 0.479 e. The van der Waals surface area contributed by atoms with Gasteiger partial charge in [0.2, 0.25) is 0 Å². The molecule has 4 saturated heterocycles. The first-order chi connectivity index (χ1) is 36.3. The van der Waals surface area contributed by atoms with Crippen LogP contribution in [0, 0.1) is 50.2 Å². The Morgan fingerprint density at radius 2 is 1.22 bits per heavy atom. The van der Waals surface area contributed by atoms with Crippen LogP contribution in [0.1, 0.15) is 93.9 Å². The maximum atomic E-state index is 13.1. The third kappa shape index (κ3) is 9.11. The summed E-state index contributed by atoms with van der Waals surface area (Å²) >= 11 is 0. The van der Waals surface area contributed by atoms with Crippen LogP contribution in [-0.4, -0.2) is 255 Å². The Hall–Kier alpha value is -1.71. The molecule has 16 N–H and O–H groups in total. The summed E-state index contributed by atoms with van der Waals surface area (Å²) in [7, 11) is 0. The van der Waals surface area contributed by atoms with E-state index in [-0.39, 0.29) is 11.8 Å². The van der Waals surface area contributed by atoms with Crippen LogP contribution in [-0.2, 0) is 42.7 Å². The molecule has 0 amide bonds. The maximum absolute atomic E-state index is 13.1. The summed E-state index contributed by atoms with van der Waals surface area (Å²) < 4.78 is 48.7. The molecule has 0 aromatic carbocycles. The lowest BCUT2D eigenvalue weighted by atomic mass is 9.32. The smallest absolute Gasteiger partial charge is 0.335 e. The van der Waals surface area contributed by atoms with Gasteiger partial charge in [0.25, 0.3) is 0 Å². The fourth-order valence-electron chi connectivity index (χ4n) is 16.6. The number of carboxylic acids is 1. The number of aliphatic hydroxyl groups excluding tert-OH is 15. The molecule has 0 radical (unpaired) electrons. The minimum absolute atomic E-state index is 0.123. The van der Waals surface area contributed by atoms with Gasteiger partial charge in [0, 0.05) is 5.41 Å². The van der Waals surface area contributed by atoms with Crippen LogP contribution >= 0.6 is 0 Å². The van der Waals surface area contributed by atoms with Crippen LogP contribution in [0.4, 0.5) is 0 Å². The number of aliphatic hydroxyl groups is 15. The average Bonchev–Trinajstić information content (AvgIpc) is 3.21. The standard InChI is InChI=1S/C53H86O25/c1-19-27(57)30(60)32(62)44(72-19)77-37-28(58)22(56)17-71-46(37)75-35-34(64)36(43(69)70)76-47(38(35)78-45-33(63)31(61)29(59)23(16-54)73-45)74-26-12-13-50(6)24(49(26,4)5)11-14-51(7)25(50)10-9-20-21-15-48(2,3)39(65)41(67)53(21,18-55)42(68)40(66)52(20,51)8/h9,19,21-42,44-47,54-68H,10-18H2,1-8H3,(H,69,70)/t19-,21-,22-,23+,24-,25+,26-,27-,28-,29-,30+,31-,32+,33+,34-,35-,36-,37+,38+,39-,40-,41-,42+,44-,45-,46-,47+,50-,51+,52-,53+/m0/s1. The van der Waals surface area contributed by atoms with Crippen LogP contribution in [0.25, 0.3) is 0 Å². The van der Waals surface area contributed by atoms with Gasteiger partial charge in [-0.15, -0.1) is 0 Å². The molecule has 0 bridgehead atoms. The van der Waals surface area contributed by atoms with E-state index in [1.165, 1.54) is 6.92 Å². The summed E-state index contributed by atoms with van der Waals surface area (Å²) in [5.74, 6) is -2.56. The van der Waals surface area contributed by atoms with E-state index in [2.05, 4.69) is 19.9 Å². The second kappa shape index (κ2) is 21.4. The second-order valence-corrected chi connectivity index (χ2v) is 26.1. The van der Waals surface area contributed by atoms with Crippen molar-refractivity contribution in [2.45, 2.75) is 241 Å². The Balaban J connectivity index is 1.04. The molecule has 25 nitrogen and oxygen atoms in total. The van der Waals surface area contributed by atoms with Crippen molar-refractivity contribution in [2.75, 3.05) is 19.8 Å². The highest BCUT2D eigenvalue weighted by atomic mass is 16.8. The summed E-state index contributed by atoms with van der Waals surface area (Å²) in [5.41, 5.74) is -4.62. The van der Waals surface area contributed by atoms with Crippen molar-refractivity contribution >= 4 is 5.97 Å². The monoisotopic (exact) mass is 1120 g/mol. The Labute approximate surface area is 452 Å². The molecular formula is C53H86O25. The number of ether oxygens (including phenoxy) is 8. The van der Waals surface area contributed by atoms with E-state index in [9.17, 15) is 86.5 Å². The summed E-state index contributed by atoms with van der Waals surface area (Å²) in [6.45, 7) is 13.2. The van der Waals surface area contributed by atoms with Gasteiger partial charge in [0.1, 0.15) is 79.4 Å². The Morgan fingerprint density at radius 3 is 1.85 bits per heavy atom. The first-order valence-electron chi connectivity index (χ1n) is 27.5. The highest BCUT2D eigenvalue weighted by Gasteiger charge is 2.75. The molecule has 5 aliphatic carbocycles. The fourth-order valence-corrected chi connectivity index (χ4v) is 16.6. The van der Waals surface area contributed by atoms with Gasteiger partial charge in [-0.05, 0) is 84.9 Å². The molecule has 0 spiro atoms. The number of carbonyl (C=O) groups is 1. The molecule has 448 valence electrons. The van der Waals surface area contributed by atoms with Crippen LogP contribution in [0.2, 0.25) is 0 Å². The second-order valence-electron chi connectivity index (χ2n) is 26.1. The zero-order chi connectivity index (χ0) is 57.5. The molecule has 31 atom stereocenters. The molecule has 9 aliphatic rings. The lowest BCUT2D eigenvalue weighted by molar-refractivity contribution is -0.401. The lowest BCUT2D eigenvalue weighted by Gasteiger charge is -2.73. The Morgan fingerprint density at radius 1 is 0.615 bits per heavy atom. The summed E-state index contributed by atoms with van der Waals surface area (Å²) in [5, 5.41) is 178. The maximum Gasteiger partial charge on any atom is 0.335 e. The van der Waals surface area contributed by atoms with E-state index < -0.39 is 211 Å².